The Kier molecular flexibility index (Phi) is 7.81. The zero-order valence-electron chi connectivity index (χ0n) is 13.2. The monoisotopic (exact) mass is 361 g/mol. The molecule has 0 aliphatic carbocycles. The summed E-state index contributed by atoms with van der Waals surface area (Å²) in [5.74, 6) is -0.0104. The van der Waals surface area contributed by atoms with E-state index in [9.17, 15) is 13.2 Å². The highest BCUT2D eigenvalue weighted by atomic mass is 35.5. The second-order valence-electron chi connectivity index (χ2n) is 5.30. The maximum Gasteiger partial charge on any atom is 0.251 e. The number of anilines is 1. The third kappa shape index (κ3) is 5.37. The van der Waals surface area contributed by atoms with Gasteiger partial charge >= 0.3 is 0 Å². The highest BCUT2D eigenvalue weighted by Gasteiger charge is 2.28. The number of amides is 1. The minimum Gasteiger partial charge on any atom is -0.351 e. The van der Waals surface area contributed by atoms with Crippen LogP contribution >= 0.6 is 12.4 Å². The summed E-state index contributed by atoms with van der Waals surface area (Å²) in [7, 11) is -3.22. The molecule has 1 fully saturated rings. The highest BCUT2D eigenvalue weighted by molar-refractivity contribution is 7.93. The van der Waals surface area contributed by atoms with Gasteiger partial charge in [0.05, 0.1) is 11.4 Å². The second-order valence-corrected chi connectivity index (χ2v) is 7.31. The molecule has 0 radical (unpaired) electrons. The Bertz CT molecular complexity index is 622. The summed E-state index contributed by atoms with van der Waals surface area (Å²) in [5.41, 5.74) is 1.05. The molecule has 0 atom stereocenters. The number of nitrogens with zero attached hydrogens (tertiary/aromatic N) is 1. The van der Waals surface area contributed by atoms with Gasteiger partial charge in [0.1, 0.15) is 0 Å². The van der Waals surface area contributed by atoms with Crippen LogP contribution in [0.3, 0.4) is 0 Å². The molecule has 0 unspecified atom stereocenters. The van der Waals surface area contributed by atoms with Gasteiger partial charge in [0.15, 0.2) is 0 Å². The van der Waals surface area contributed by atoms with Crippen molar-refractivity contribution >= 4 is 34.0 Å². The number of sulfonamides is 1. The first-order valence-electron chi connectivity index (χ1n) is 7.64. The molecule has 2 N–H and O–H groups in total. The van der Waals surface area contributed by atoms with Gasteiger partial charge in [-0.15, -0.1) is 12.4 Å². The summed E-state index contributed by atoms with van der Waals surface area (Å²) >= 11 is 0. The van der Waals surface area contributed by atoms with E-state index in [1.807, 2.05) is 0 Å². The second kappa shape index (κ2) is 9.10. The molecule has 130 valence electrons. The lowest BCUT2D eigenvalue weighted by atomic mass is 10.2. The summed E-state index contributed by atoms with van der Waals surface area (Å²) in [5, 5.41) is 6.03. The minimum atomic E-state index is -3.22. The average molecular weight is 362 g/mol. The van der Waals surface area contributed by atoms with Gasteiger partial charge in [0, 0.05) is 25.2 Å². The minimum absolute atomic E-state index is 0. The fourth-order valence-electron chi connectivity index (χ4n) is 2.40. The van der Waals surface area contributed by atoms with E-state index in [-0.39, 0.29) is 24.1 Å². The molecule has 0 bridgehead atoms. The molecule has 1 saturated heterocycles. The third-order valence-corrected chi connectivity index (χ3v) is 5.38. The predicted molar refractivity (Wildman–Crippen MR) is 94.9 cm³/mol. The predicted octanol–water partition coefficient (Wildman–Crippen LogP) is 1.38. The number of hydrogen-bond donors (Lipinski definition) is 2. The molecule has 2 rings (SSSR count). The van der Waals surface area contributed by atoms with E-state index in [0.717, 1.165) is 19.5 Å². The fourth-order valence-corrected chi connectivity index (χ4v) is 3.96. The van der Waals surface area contributed by atoms with Gasteiger partial charge < -0.3 is 10.6 Å². The standard InChI is InChI=1S/C15H23N3O3S.ClH/c1-2-7-16-8-9-17-15(19)13-5-3-6-14(12-13)18-10-4-11-22(18,20)21;/h3,5-6,12,16H,2,4,7-11H2,1H3,(H,17,19);1H. The molecule has 23 heavy (non-hydrogen) atoms. The van der Waals surface area contributed by atoms with Crippen molar-refractivity contribution in [1.29, 1.82) is 0 Å². The molecule has 1 aliphatic rings. The van der Waals surface area contributed by atoms with Gasteiger partial charge in [-0.3, -0.25) is 9.10 Å². The highest BCUT2D eigenvalue weighted by Crippen LogP contribution is 2.24. The summed E-state index contributed by atoms with van der Waals surface area (Å²) < 4.78 is 25.2. The molecule has 0 saturated carbocycles. The molecule has 1 aromatic rings. The van der Waals surface area contributed by atoms with Crippen molar-refractivity contribution in [2.75, 3.05) is 36.2 Å². The van der Waals surface area contributed by atoms with Crippen LogP contribution in [0.15, 0.2) is 24.3 Å². The molecule has 1 heterocycles. The number of nitrogens with one attached hydrogen (secondary N) is 2. The molecular weight excluding hydrogens is 338 g/mol. The van der Waals surface area contributed by atoms with Gasteiger partial charge in [-0.05, 0) is 37.6 Å². The van der Waals surface area contributed by atoms with Crippen LogP contribution in [-0.2, 0) is 10.0 Å². The quantitative estimate of drug-likeness (QED) is 0.719. The van der Waals surface area contributed by atoms with E-state index in [1.165, 1.54) is 4.31 Å². The summed E-state index contributed by atoms with van der Waals surface area (Å²) in [6.45, 7) is 4.76. The molecule has 6 nitrogen and oxygen atoms in total. The van der Waals surface area contributed by atoms with Crippen LogP contribution in [0.4, 0.5) is 5.69 Å². The first-order valence-corrected chi connectivity index (χ1v) is 9.25. The molecule has 8 heteroatoms. The number of benzene rings is 1. The Hall–Kier alpha value is -1.31. The number of hydrogen-bond acceptors (Lipinski definition) is 4. The largest absolute Gasteiger partial charge is 0.351 e. The van der Waals surface area contributed by atoms with Crippen LogP contribution < -0.4 is 14.9 Å². The smallest absolute Gasteiger partial charge is 0.251 e. The Morgan fingerprint density at radius 1 is 1.26 bits per heavy atom. The zero-order chi connectivity index (χ0) is 16.0. The third-order valence-electron chi connectivity index (χ3n) is 3.51. The van der Waals surface area contributed by atoms with Crippen LogP contribution in [0.25, 0.3) is 0 Å². The molecule has 1 amide bonds. The van der Waals surface area contributed by atoms with Crippen LogP contribution in [0.1, 0.15) is 30.1 Å². The van der Waals surface area contributed by atoms with Crippen molar-refractivity contribution in [1.82, 2.24) is 10.6 Å². The normalized spacial score (nSPS) is 16.0. The number of carbonyl (C=O) groups is 1. The molecule has 0 aromatic heterocycles. The Morgan fingerprint density at radius 2 is 2.04 bits per heavy atom. The first-order chi connectivity index (χ1) is 10.5. The zero-order valence-corrected chi connectivity index (χ0v) is 14.9. The van der Waals surface area contributed by atoms with Crippen LogP contribution in [0.5, 0.6) is 0 Å². The molecule has 1 aromatic carbocycles. The van der Waals surface area contributed by atoms with Crippen molar-refractivity contribution < 1.29 is 13.2 Å². The van der Waals surface area contributed by atoms with Crippen LogP contribution in [0.2, 0.25) is 0 Å². The Morgan fingerprint density at radius 3 is 2.70 bits per heavy atom. The van der Waals surface area contributed by atoms with Gasteiger partial charge in [-0.2, -0.15) is 0 Å². The van der Waals surface area contributed by atoms with Gasteiger partial charge in [-0.1, -0.05) is 13.0 Å². The van der Waals surface area contributed by atoms with E-state index in [4.69, 9.17) is 0 Å². The molecule has 0 spiro atoms. The van der Waals surface area contributed by atoms with E-state index >= 15 is 0 Å². The Balaban J connectivity index is 0.00000264. The van der Waals surface area contributed by atoms with Gasteiger partial charge in [0.25, 0.3) is 5.91 Å². The van der Waals surface area contributed by atoms with Gasteiger partial charge in [0.2, 0.25) is 10.0 Å². The number of carbonyl (C=O) groups excluding carboxylic acids is 1. The van der Waals surface area contributed by atoms with Crippen LogP contribution in [0, 0.1) is 0 Å². The molecular formula is C15H24ClN3O3S. The van der Waals surface area contributed by atoms with E-state index < -0.39 is 10.0 Å². The number of halogens is 1. The molecule has 1 aliphatic heterocycles. The summed E-state index contributed by atoms with van der Waals surface area (Å²) in [6.07, 6.45) is 1.68. The average Bonchev–Trinajstić information content (AvgIpc) is 2.86. The maximum absolute atomic E-state index is 12.1. The first kappa shape index (κ1) is 19.7. The maximum atomic E-state index is 12.1. The lowest BCUT2D eigenvalue weighted by Crippen LogP contribution is -2.32. The SMILES string of the molecule is CCCNCCNC(=O)c1cccc(N2CCCS2(=O)=O)c1.Cl. The van der Waals surface area contributed by atoms with Crippen molar-refractivity contribution in [2.24, 2.45) is 0 Å². The van der Waals surface area contributed by atoms with E-state index in [0.29, 0.717) is 30.8 Å². The fraction of sp³-hybridized carbons (Fsp3) is 0.533. The Labute approximate surface area is 144 Å². The lowest BCUT2D eigenvalue weighted by molar-refractivity contribution is 0.0954. The van der Waals surface area contributed by atoms with Crippen molar-refractivity contribution in [3.8, 4) is 0 Å². The topological polar surface area (TPSA) is 78.5 Å². The van der Waals surface area contributed by atoms with Crippen molar-refractivity contribution in [3.63, 3.8) is 0 Å². The van der Waals surface area contributed by atoms with Crippen molar-refractivity contribution in [2.45, 2.75) is 19.8 Å². The van der Waals surface area contributed by atoms with Gasteiger partial charge in [-0.25, -0.2) is 8.42 Å². The van der Waals surface area contributed by atoms with E-state index in [1.54, 1.807) is 24.3 Å². The summed E-state index contributed by atoms with van der Waals surface area (Å²) in [6, 6.07) is 6.77. The van der Waals surface area contributed by atoms with E-state index in [2.05, 4.69) is 17.6 Å². The lowest BCUT2D eigenvalue weighted by Gasteiger charge is -2.17. The van der Waals surface area contributed by atoms with Crippen LogP contribution in [-0.4, -0.2) is 46.3 Å². The van der Waals surface area contributed by atoms with Crippen molar-refractivity contribution in [3.05, 3.63) is 29.8 Å². The number of rotatable bonds is 7. The summed E-state index contributed by atoms with van der Waals surface area (Å²) in [4.78, 5) is 12.1.